The zero-order valence-electron chi connectivity index (χ0n) is 15.7. The Bertz CT molecular complexity index is 647. The van der Waals surface area contributed by atoms with Crippen LogP contribution in [0.1, 0.15) is 40.2 Å². The summed E-state index contributed by atoms with van der Waals surface area (Å²) in [6.45, 7) is 4.00. The van der Waals surface area contributed by atoms with E-state index in [0.29, 0.717) is 26.2 Å². The number of hydrogen-bond donors (Lipinski definition) is 0. The molecule has 0 radical (unpaired) electrons. The van der Waals surface area contributed by atoms with E-state index in [-0.39, 0.29) is 17.2 Å². The second kappa shape index (κ2) is 8.50. The van der Waals surface area contributed by atoms with E-state index in [9.17, 15) is 9.59 Å². The van der Waals surface area contributed by atoms with Crippen LogP contribution in [0.3, 0.4) is 0 Å². The lowest BCUT2D eigenvalue weighted by atomic mass is 9.73. The second-order valence-corrected chi connectivity index (χ2v) is 8.51. The van der Waals surface area contributed by atoms with Crippen LogP contribution < -0.4 is 0 Å². The average Bonchev–Trinajstić information content (AvgIpc) is 3.11. The molecule has 26 heavy (non-hydrogen) atoms. The molecule has 1 unspecified atom stereocenters. The molecular weight excluding hydrogens is 352 g/mol. The van der Waals surface area contributed by atoms with Crippen molar-refractivity contribution in [1.29, 1.82) is 0 Å². The third-order valence-electron chi connectivity index (χ3n) is 5.42. The van der Waals surface area contributed by atoms with Crippen molar-refractivity contribution in [3.63, 3.8) is 0 Å². The van der Waals surface area contributed by atoms with E-state index in [1.165, 1.54) is 11.3 Å². The Morgan fingerprint density at radius 2 is 2.08 bits per heavy atom. The van der Waals surface area contributed by atoms with Crippen molar-refractivity contribution in [2.75, 3.05) is 47.0 Å². The number of rotatable bonds is 6. The Morgan fingerprint density at radius 1 is 1.23 bits per heavy atom. The summed E-state index contributed by atoms with van der Waals surface area (Å²) in [5.74, 6) is 0.315. The van der Waals surface area contributed by atoms with Gasteiger partial charge in [0.05, 0.1) is 18.1 Å². The van der Waals surface area contributed by atoms with Gasteiger partial charge >= 0.3 is 0 Å². The molecule has 144 valence electrons. The van der Waals surface area contributed by atoms with E-state index in [1.54, 1.807) is 14.2 Å². The summed E-state index contributed by atoms with van der Waals surface area (Å²) >= 11 is 1.51. The van der Waals surface area contributed by atoms with Crippen molar-refractivity contribution in [1.82, 2.24) is 9.80 Å². The molecule has 1 aromatic rings. The summed E-state index contributed by atoms with van der Waals surface area (Å²) in [7, 11) is 3.32. The first-order valence-electron chi connectivity index (χ1n) is 9.20. The van der Waals surface area contributed by atoms with E-state index < -0.39 is 0 Å². The number of thiophene rings is 1. The van der Waals surface area contributed by atoms with Gasteiger partial charge in [0.1, 0.15) is 0 Å². The van der Waals surface area contributed by atoms with Gasteiger partial charge in [0, 0.05) is 57.1 Å². The molecule has 6 nitrogen and oxygen atoms in total. The molecule has 7 heteroatoms. The van der Waals surface area contributed by atoms with Gasteiger partial charge in [0.25, 0.3) is 5.91 Å². The molecule has 2 fully saturated rings. The lowest BCUT2D eigenvalue weighted by Crippen LogP contribution is -2.55. The van der Waals surface area contributed by atoms with Crippen LogP contribution in [0.5, 0.6) is 0 Å². The van der Waals surface area contributed by atoms with Gasteiger partial charge in [0.15, 0.2) is 0 Å². The highest BCUT2D eigenvalue weighted by atomic mass is 32.1. The summed E-state index contributed by atoms with van der Waals surface area (Å²) in [5, 5.41) is 0. The van der Waals surface area contributed by atoms with Crippen LogP contribution in [-0.4, -0.2) is 68.6 Å². The van der Waals surface area contributed by atoms with E-state index in [1.807, 2.05) is 21.9 Å². The third-order valence-corrected chi connectivity index (χ3v) is 6.47. The molecule has 3 heterocycles. The van der Waals surface area contributed by atoms with Crippen LogP contribution >= 0.6 is 11.3 Å². The zero-order valence-corrected chi connectivity index (χ0v) is 16.5. The van der Waals surface area contributed by atoms with Crippen molar-refractivity contribution in [3.8, 4) is 0 Å². The largest absolute Gasteiger partial charge is 0.383 e. The molecule has 2 aliphatic heterocycles. The summed E-state index contributed by atoms with van der Waals surface area (Å²) in [6.07, 6.45) is 3.52. The van der Waals surface area contributed by atoms with E-state index >= 15 is 0 Å². The fourth-order valence-electron chi connectivity index (χ4n) is 4.09. The van der Waals surface area contributed by atoms with Crippen LogP contribution in [0.15, 0.2) is 12.1 Å². The number of hydrogen-bond acceptors (Lipinski definition) is 5. The van der Waals surface area contributed by atoms with Gasteiger partial charge < -0.3 is 19.3 Å². The zero-order chi connectivity index (χ0) is 18.6. The van der Waals surface area contributed by atoms with Crippen molar-refractivity contribution < 1.29 is 19.1 Å². The standard InChI is InChI=1S/C19H28N2O4S/c1-24-11-10-20-13-19(8-6-17(20)22)7-3-9-21(14-19)18(23)16-5-4-15(26-16)12-25-2/h4-5H,3,6-14H2,1-2H3. The predicted molar refractivity (Wildman–Crippen MR) is 100 cm³/mol. The normalized spacial score (nSPS) is 23.7. The molecule has 1 atom stereocenters. The minimum absolute atomic E-state index is 0.0299. The molecule has 1 spiro atoms. The van der Waals surface area contributed by atoms with Crippen molar-refractivity contribution >= 4 is 23.2 Å². The van der Waals surface area contributed by atoms with Crippen LogP contribution in [0, 0.1) is 5.41 Å². The molecule has 2 aliphatic rings. The number of piperidine rings is 2. The molecule has 0 bridgehead atoms. The average molecular weight is 381 g/mol. The third kappa shape index (κ3) is 4.27. The van der Waals surface area contributed by atoms with Gasteiger partial charge in [-0.1, -0.05) is 0 Å². The Hall–Kier alpha value is -1.44. The van der Waals surface area contributed by atoms with Gasteiger partial charge in [-0.05, 0) is 31.4 Å². The van der Waals surface area contributed by atoms with Crippen LogP contribution in [0.4, 0.5) is 0 Å². The maximum atomic E-state index is 13.0. The molecule has 0 aromatic carbocycles. The minimum Gasteiger partial charge on any atom is -0.383 e. The monoisotopic (exact) mass is 380 g/mol. The molecule has 1 aromatic heterocycles. The highest BCUT2D eigenvalue weighted by Gasteiger charge is 2.42. The predicted octanol–water partition coefficient (Wildman–Crippen LogP) is 2.39. The first-order chi connectivity index (χ1) is 12.6. The van der Waals surface area contributed by atoms with Gasteiger partial charge in [-0.2, -0.15) is 0 Å². The van der Waals surface area contributed by atoms with Gasteiger partial charge in [-0.25, -0.2) is 0 Å². The SMILES string of the molecule is COCCN1CC2(CCCN(C(=O)c3ccc(COC)s3)C2)CCC1=O. The Labute approximate surface area is 159 Å². The Kier molecular flexibility index (Phi) is 6.32. The highest BCUT2D eigenvalue weighted by molar-refractivity contribution is 7.14. The molecule has 2 saturated heterocycles. The molecular formula is C19H28N2O4S. The Morgan fingerprint density at radius 3 is 2.85 bits per heavy atom. The topological polar surface area (TPSA) is 59.1 Å². The second-order valence-electron chi connectivity index (χ2n) is 7.34. The number of carbonyl (C=O) groups excluding carboxylic acids is 2. The fourth-order valence-corrected chi connectivity index (χ4v) is 5.04. The molecule has 2 amide bonds. The van der Waals surface area contributed by atoms with Gasteiger partial charge in [-0.15, -0.1) is 11.3 Å². The Balaban J connectivity index is 1.67. The van der Waals surface area contributed by atoms with Crippen molar-refractivity contribution in [2.45, 2.75) is 32.3 Å². The van der Waals surface area contributed by atoms with Gasteiger partial charge in [0.2, 0.25) is 5.91 Å². The lowest BCUT2D eigenvalue weighted by molar-refractivity contribution is -0.139. The van der Waals surface area contributed by atoms with Gasteiger partial charge in [-0.3, -0.25) is 9.59 Å². The summed E-state index contributed by atoms with van der Waals surface area (Å²) in [6, 6.07) is 3.87. The summed E-state index contributed by atoms with van der Waals surface area (Å²) in [4.78, 5) is 30.9. The smallest absolute Gasteiger partial charge is 0.263 e. The van der Waals surface area contributed by atoms with E-state index in [0.717, 1.165) is 48.7 Å². The number of amides is 2. The van der Waals surface area contributed by atoms with E-state index in [2.05, 4.69) is 0 Å². The fraction of sp³-hybridized carbons (Fsp3) is 0.684. The van der Waals surface area contributed by atoms with Crippen LogP contribution in [0.2, 0.25) is 0 Å². The quantitative estimate of drug-likeness (QED) is 0.760. The van der Waals surface area contributed by atoms with E-state index in [4.69, 9.17) is 9.47 Å². The van der Waals surface area contributed by atoms with Crippen LogP contribution in [0.25, 0.3) is 0 Å². The molecule has 3 rings (SSSR count). The lowest BCUT2D eigenvalue weighted by Gasteiger charge is -2.48. The van der Waals surface area contributed by atoms with Crippen LogP contribution in [-0.2, 0) is 20.9 Å². The number of nitrogens with zero attached hydrogens (tertiary/aromatic N) is 2. The summed E-state index contributed by atoms with van der Waals surface area (Å²) < 4.78 is 10.3. The highest BCUT2D eigenvalue weighted by Crippen LogP contribution is 2.39. The first kappa shape index (κ1) is 19.3. The van der Waals surface area contributed by atoms with Crippen molar-refractivity contribution in [2.24, 2.45) is 5.41 Å². The number of carbonyl (C=O) groups is 2. The molecule has 0 saturated carbocycles. The molecule has 0 aliphatic carbocycles. The number of ether oxygens (including phenoxy) is 2. The van der Waals surface area contributed by atoms with Crippen molar-refractivity contribution in [3.05, 3.63) is 21.9 Å². The number of likely N-dealkylation sites (tertiary alicyclic amines) is 2. The minimum atomic E-state index is 0.0299. The maximum Gasteiger partial charge on any atom is 0.263 e. The molecule has 0 N–H and O–H groups in total. The first-order valence-corrected chi connectivity index (χ1v) is 10.0. The maximum absolute atomic E-state index is 13.0. The number of methoxy groups -OCH3 is 2. The summed E-state index contributed by atoms with van der Waals surface area (Å²) in [5.41, 5.74) is 0.0299.